The van der Waals surface area contributed by atoms with Gasteiger partial charge < -0.3 is 10.6 Å². The fourth-order valence-electron chi connectivity index (χ4n) is 2.10. The van der Waals surface area contributed by atoms with Gasteiger partial charge in [-0.05, 0) is 31.3 Å². The van der Waals surface area contributed by atoms with Gasteiger partial charge in [0, 0.05) is 44.1 Å². The van der Waals surface area contributed by atoms with Gasteiger partial charge in [-0.15, -0.1) is 0 Å². The van der Waals surface area contributed by atoms with Crippen molar-refractivity contribution in [2.45, 2.75) is 0 Å². The van der Waals surface area contributed by atoms with E-state index in [2.05, 4.69) is 21.6 Å². The smallest absolute Gasteiger partial charge is 0.233 e. The number of hydrogen-bond acceptors (Lipinski definition) is 5. The molecule has 20 heavy (non-hydrogen) atoms. The van der Waals surface area contributed by atoms with Crippen LogP contribution in [0.2, 0.25) is 0 Å². The Labute approximate surface area is 120 Å². The third kappa shape index (κ3) is 4.66. The molecule has 0 amide bonds. The van der Waals surface area contributed by atoms with Crippen molar-refractivity contribution >= 4 is 21.4 Å². The lowest BCUT2D eigenvalue weighted by Gasteiger charge is -2.32. The molecule has 0 saturated carbocycles. The summed E-state index contributed by atoms with van der Waals surface area (Å²) < 4.78 is 26.6. The first-order valence-electron chi connectivity index (χ1n) is 6.71. The topological polar surface area (TPSA) is 78.7 Å². The highest BCUT2D eigenvalue weighted by molar-refractivity contribution is 7.92. The Bertz CT molecular complexity index is 522. The van der Waals surface area contributed by atoms with Gasteiger partial charge in [-0.25, -0.2) is 8.42 Å². The van der Waals surface area contributed by atoms with Crippen LogP contribution in [0, 0.1) is 0 Å². The zero-order valence-electron chi connectivity index (χ0n) is 11.7. The van der Waals surface area contributed by atoms with Crippen molar-refractivity contribution in [3.8, 4) is 0 Å². The molecule has 3 N–H and O–H groups in total. The molecule has 0 atom stereocenters. The summed E-state index contributed by atoms with van der Waals surface area (Å²) in [6.45, 7) is 4.40. The van der Waals surface area contributed by atoms with Crippen LogP contribution in [0.4, 0.5) is 11.4 Å². The van der Waals surface area contributed by atoms with Crippen LogP contribution in [0.1, 0.15) is 0 Å². The van der Waals surface area contributed by atoms with E-state index in [-0.39, 0.29) is 5.75 Å². The molecule has 1 heterocycles. The predicted molar refractivity (Wildman–Crippen MR) is 82.2 cm³/mol. The van der Waals surface area contributed by atoms with Gasteiger partial charge in [-0.3, -0.25) is 9.62 Å². The van der Waals surface area contributed by atoms with E-state index >= 15 is 0 Å². The van der Waals surface area contributed by atoms with E-state index in [1.807, 2.05) is 0 Å². The number of sulfonamides is 1. The van der Waals surface area contributed by atoms with Gasteiger partial charge in [-0.1, -0.05) is 0 Å². The number of rotatable bonds is 5. The summed E-state index contributed by atoms with van der Waals surface area (Å²) in [5, 5.41) is 0. The third-order valence-electron chi connectivity index (χ3n) is 3.46. The number of benzene rings is 1. The average Bonchev–Trinajstić information content (AvgIpc) is 2.41. The zero-order valence-corrected chi connectivity index (χ0v) is 12.6. The Morgan fingerprint density at radius 1 is 1.15 bits per heavy atom. The largest absolute Gasteiger partial charge is 0.399 e. The molecule has 1 fully saturated rings. The lowest BCUT2D eigenvalue weighted by Crippen LogP contribution is -2.46. The van der Waals surface area contributed by atoms with E-state index in [1.54, 1.807) is 24.3 Å². The van der Waals surface area contributed by atoms with Crippen LogP contribution >= 0.6 is 0 Å². The Morgan fingerprint density at radius 2 is 1.75 bits per heavy atom. The van der Waals surface area contributed by atoms with Crippen LogP contribution in [0.3, 0.4) is 0 Å². The molecule has 0 aromatic heterocycles. The lowest BCUT2D eigenvalue weighted by atomic mass is 10.3. The maximum absolute atomic E-state index is 12.0. The summed E-state index contributed by atoms with van der Waals surface area (Å²) in [6, 6.07) is 6.70. The molecule has 0 unspecified atom stereocenters. The van der Waals surface area contributed by atoms with Crippen molar-refractivity contribution in [2.24, 2.45) is 0 Å². The maximum Gasteiger partial charge on any atom is 0.233 e. The number of piperazine rings is 1. The average molecular weight is 298 g/mol. The van der Waals surface area contributed by atoms with Crippen LogP contribution in [0.5, 0.6) is 0 Å². The second-order valence-corrected chi connectivity index (χ2v) is 7.03. The Balaban J connectivity index is 1.83. The fraction of sp³-hybridized carbons (Fsp3) is 0.538. The third-order valence-corrected chi connectivity index (χ3v) is 4.72. The molecule has 1 aliphatic heterocycles. The summed E-state index contributed by atoms with van der Waals surface area (Å²) in [5.74, 6) is 0.112. The zero-order chi connectivity index (χ0) is 14.6. The molecule has 1 aromatic rings. The molecule has 1 aliphatic rings. The summed E-state index contributed by atoms with van der Waals surface area (Å²) in [4.78, 5) is 4.43. The molecule has 2 rings (SSSR count). The summed E-state index contributed by atoms with van der Waals surface area (Å²) in [7, 11) is -1.23. The molecule has 112 valence electrons. The number of nitrogens with one attached hydrogen (secondary N) is 1. The first kappa shape index (κ1) is 15.1. The molecule has 0 bridgehead atoms. The molecule has 1 saturated heterocycles. The molecular formula is C13H22N4O2S. The van der Waals surface area contributed by atoms with E-state index in [4.69, 9.17) is 5.73 Å². The monoisotopic (exact) mass is 298 g/mol. The number of hydrogen-bond donors (Lipinski definition) is 2. The van der Waals surface area contributed by atoms with Crippen LogP contribution in [0.25, 0.3) is 0 Å². The van der Waals surface area contributed by atoms with Crippen molar-refractivity contribution in [1.29, 1.82) is 0 Å². The molecule has 1 aromatic carbocycles. The van der Waals surface area contributed by atoms with E-state index < -0.39 is 10.0 Å². The van der Waals surface area contributed by atoms with Crippen molar-refractivity contribution in [1.82, 2.24) is 9.80 Å². The van der Waals surface area contributed by atoms with Gasteiger partial charge in [0.2, 0.25) is 10.0 Å². The standard InChI is InChI=1S/C13H22N4O2S/c1-16-6-8-17(9-7-16)10-11-20(18,19)15-13-4-2-12(14)3-5-13/h2-5,15H,6-11,14H2,1H3. The van der Waals surface area contributed by atoms with Crippen LogP contribution in [0.15, 0.2) is 24.3 Å². The normalized spacial score (nSPS) is 18.1. The first-order valence-corrected chi connectivity index (χ1v) is 8.37. The number of nitrogen functional groups attached to an aromatic ring is 1. The van der Waals surface area contributed by atoms with Gasteiger partial charge in [0.25, 0.3) is 0 Å². The minimum atomic E-state index is -3.31. The summed E-state index contributed by atoms with van der Waals surface area (Å²) in [5.41, 5.74) is 6.74. The summed E-state index contributed by atoms with van der Waals surface area (Å²) >= 11 is 0. The van der Waals surface area contributed by atoms with Gasteiger partial charge in [0.15, 0.2) is 0 Å². The highest BCUT2D eigenvalue weighted by Gasteiger charge is 2.17. The molecule has 6 nitrogen and oxygen atoms in total. The molecule has 7 heteroatoms. The van der Waals surface area contributed by atoms with Gasteiger partial charge in [0.05, 0.1) is 5.75 Å². The van der Waals surface area contributed by atoms with Gasteiger partial charge in [0.1, 0.15) is 0 Å². The fourth-order valence-corrected chi connectivity index (χ4v) is 3.20. The van der Waals surface area contributed by atoms with Gasteiger partial charge in [-0.2, -0.15) is 0 Å². The number of likely N-dealkylation sites (N-methyl/N-ethyl adjacent to an activating group) is 1. The van der Waals surface area contributed by atoms with Crippen LogP contribution in [-0.4, -0.2) is 63.7 Å². The van der Waals surface area contributed by atoms with Crippen molar-refractivity contribution < 1.29 is 8.42 Å². The van der Waals surface area contributed by atoms with Crippen LogP contribution < -0.4 is 10.5 Å². The minimum Gasteiger partial charge on any atom is -0.399 e. The Hall–Kier alpha value is -1.31. The number of anilines is 2. The van der Waals surface area contributed by atoms with E-state index in [0.29, 0.717) is 17.9 Å². The quantitative estimate of drug-likeness (QED) is 0.762. The molecular weight excluding hydrogens is 276 g/mol. The van der Waals surface area contributed by atoms with Crippen molar-refractivity contribution in [2.75, 3.05) is 56.0 Å². The Kier molecular flexibility index (Phi) is 4.85. The highest BCUT2D eigenvalue weighted by atomic mass is 32.2. The number of nitrogens with two attached hydrogens (primary N) is 1. The molecule has 0 spiro atoms. The second kappa shape index (κ2) is 6.43. The molecule has 0 radical (unpaired) electrons. The lowest BCUT2D eigenvalue weighted by molar-refractivity contribution is 0.161. The summed E-state index contributed by atoms with van der Waals surface area (Å²) in [6.07, 6.45) is 0. The Morgan fingerprint density at radius 3 is 2.35 bits per heavy atom. The number of nitrogens with zero attached hydrogens (tertiary/aromatic N) is 2. The molecule has 0 aliphatic carbocycles. The predicted octanol–water partition coefficient (Wildman–Crippen LogP) is 0.258. The van der Waals surface area contributed by atoms with E-state index in [1.165, 1.54) is 0 Å². The SMILES string of the molecule is CN1CCN(CCS(=O)(=O)Nc2ccc(N)cc2)CC1. The second-order valence-electron chi connectivity index (χ2n) is 5.19. The maximum atomic E-state index is 12.0. The van der Waals surface area contributed by atoms with Crippen LogP contribution in [-0.2, 0) is 10.0 Å². The minimum absolute atomic E-state index is 0.112. The van der Waals surface area contributed by atoms with E-state index in [0.717, 1.165) is 26.2 Å². The van der Waals surface area contributed by atoms with Crippen molar-refractivity contribution in [3.05, 3.63) is 24.3 Å². The van der Waals surface area contributed by atoms with Gasteiger partial charge >= 0.3 is 0 Å². The highest BCUT2D eigenvalue weighted by Crippen LogP contribution is 2.12. The van der Waals surface area contributed by atoms with E-state index in [9.17, 15) is 8.42 Å². The van der Waals surface area contributed by atoms with Crippen molar-refractivity contribution in [3.63, 3.8) is 0 Å². The first-order chi connectivity index (χ1) is 9.44.